The molecule has 0 aromatic heterocycles. The molecule has 4 heteroatoms. The molecule has 0 fully saturated rings. The molecule has 1 radical (unpaired) electrons. The van der Waals surface area contributed by atoms with Crippen molar-refractivity contribution in [2.45, 2.75) is 0 Å². The van der Waals surface area contributed by atoms with Crippen LogP contribution in [0.4, 0.5) is 0 Å². The largest absolute Gasteiger partial charge is 0 e. The Hall–Kier alpha value is 2.65. The second kappa shape index (κ2) is 17.4. The summed E-state index contributed by atoms with van der Waals surface area (Å²) in [6, 6.07) is 0. The van der Waals surface area contributed by atoms with Crippen LogP contribution < -0.4 is 0 Å². The molecule has 0 rings (SSSR count). The van der Waals surface area contributed by atoms with E-state index in [0.29, 0.717) is 0 Å². The number of hydrogen-bond acceptors (Lipinski definition) is 0. The van der Waals surface area contributed by atoms with Gasteiger partial charge < -0.3 is 0 Å². The fourth-order valence-corrected chi connectivity index (χ4v) is 0. The molecule has 0 aromatic carbocycles. The molecule has 0 aliphatic heterocycles. The molecule has 0 nitrogen and oxygen atoms in total. The minimum Gasteiger partial charge on any atom is 0 e. The predicted octanol–water partition coefficient (Wildman–Crippen LogP) is -2.37. The van der Waals surface area contributed by atoms with Gasteiger partial charge in [0.15, 0.2) is 0 Å². The molecule has 25 valence electrons. The Morgan fingerprint density at radius 3 is 1.00 bits per heavy atom. The summed E-state index contributed by atoms with van der Waals surface area (Å²) in [7, 11) is 0. The number of hydrogen-bond donors (Lipinski definition) is 0. The maximum absolute atomic E-state index is 0. The van der Waals surface area contributed by atoms with Gasteiger partial charge in [-0.25, -0.2) is 0 Å². The van der Waals surface area contributed by atoms with E-state index in [1.54, 1.807) is 0 Å². The van der Waals surface area contributed by atoms with Crippen molar-refractivity contribution in [1.29, 1.82) is 0 Å². The van der Waals surface area contributed by atoms with E-state index in [9.17, 15) is 0 Å². The van der Waals surface area contributed by atoms with E-state index >= 15 is 0 Å². The van der Waals surface area contributed by atoms with E-state index in [2.05, 4.69) is 0 Å². The first-order chi connectivity index (χ1) is 0. The Balaban J connectivity index is 0. The van der Waals surface area contributed by atoms with Crippen molar-refractivity contribution < 1.29 is 36.5 Å². The van der Waals surface area contributed by atoms with Crippen LogP contribution in [0.1, 0.15) is 0 Å². The van der Waals surface area contributed by atoms with Crippen LogP contribution in [0.5, 0.6) is 0 Å². The van der Waals surface area contributed by atoms with Gasteiger partial charge in [0.2, 0.25) is 0 Å². The van der Waals surface area contributed by atoms with Gasteiger partial charge >= 0.3 is 45.6 Å². The van der Waals surface area contributed by atoms with Crippen LogP contribution in [-0.2, 0) is 36.5 Å². The molecule has 4 heavy (non-hydrogen) atoms. The quantitative estimate of drug-likeness (QED) is 0.438. The summed E-state index contributed by atoms with van der Waals surface area (Å²) in [6.07, 6.45) is 0. The SMILES string of the molecule is [Cu].[GaH3].[InH3].[Zn]. The first-order valence-electron chi connectivity index (χ1n) is 0. The molecular formula is H6CuGaInZn. The molecule has 0 aromatic rings. The van der Waals surface area contributed by atoms with Gasteiger partial charge in [0.1, 0.15) is 0 Å². The molecule has 0 amide bonds. The van der Waals surface area contributed by atoms with Gasteiger partial charge in [0, 0.05) is 36.5 Å². The van der Waals surface area contributed by atoms with E-state index in [4.69, 9.17) is 0 Å². The summed E-state index contributed by atoms with van der Waals surface area (Å²) in [6.45, 7) is 0. The molecule has 0 spiro atoms. The average Bonchev–Trinajstić information content (AvgIpc) is 0. The summed E-state index contributed by atoms with van der Waals surface area (Å²) in [5.74, 6) is 0. The molecule has 0 bridgehead atoms. The Kier molecular flexibility index (Phi) is 132. The Morgan fingerprint density at radius 1 is 1.00 bits per heavy atom. The monoisotopic (exact) mass is 317 g/mol. The second-order valence-electron chi connectivity index (χ2n) is 0. The summed E-state index contributed by atoms with van der Waals surface area (Å²) in [5, 5.41) is 0. The average molecular weight is 320 g/mol. The topological polar surface area (TPSA) is 0 Å². The number of rotatable bonds is 0. The van der Waals surface area contributed by atoms with E-state index in [-0.39, 0.29) is 82.2 Å². The summed E-state index contributed by atoms with van der Waals surface area (Å²) < 4.78 is 0. The zero-order valence-electron chi connectivity index (χ0n) is 1.01. The zero-order valence-corrected chi connectivity index (χ0v) is 4.92. The van der Waals surface area contributed by atoms with Crippen LogP contribution in [0.2, 0.25) is 0 Å². The van der Waals surface area contributed by atoms with Crippen LogP contribution in [-0.4, -0.2) is 45.6 Å². The van der Waals surface area contributed by atoms with Gasteiger partial charge in [-0.15, -0.1) is 0 Å². The second-order valence-corrected chi connectivity index (χ2v) is 0. The Morgan fingerprint density at radius 2 is 1.00 bits per heavy atom. The van der Waals surface area contributed by atoms with Gasteiger partial charge in [-0.05, 0) is 0 Å². The maximum Gasteiger partial charge on any atom is 0 e. The molecule has 0 N–H and O–H groups in total. The maximum atomic E-state index is 0. The van der Waals surface area contributed by atoms with Gasteiger partial charge in [-0.1, -0.05) is 0 Å². The van der Waals surface area contributed by atoms with Crippen molar-refractivity contribution in [3.63, 3.8) is 0 Å². The minimum absolute atomic E-state index is 0. The standard InChI is InChI=1S/Cu.Ga.In.Zn.6H. The zero-order chi connectivity index (χ0) is 0. The molecule has 0 saturated heterocycles. The van der Waals surface area contributed by atoms with Gasteiger partial charge in [-0.2, -0.15) is 0 Å². The first kappa shape index (κ1) is 30.2. The molecule has 0 aliphatic carbocycles. The Labute approximate surface area is 80.9 Å². The summed E-state index contributed by atoms with van der Waals surface area (Å²) in [4.78, 5) is 0. The van der Waals surface area contributed by atoms with Crippen molar-refractivity contribution in [1.82, 2.24) is 0 Å². The van der Waals surface area contributed by atoms with Crippen LogP contribution in [0.3, 0.4) is 0 Å². The first-order valence-corrected chi connectivity index (χ1v) is 0. The van der Waals surface area contributed by atoms with E-state index in [1.165, 1.54) is 0 Å². The predicted molar refractivity (Wildman–Crippen MR) is 19.9 cm³/mol. The van der Waals surface area contributed by atoms with Crippen molar-refractivity contribution in [3.05, 3.63) is 0 Å². The van der Waals surface area contributed by atoms with Crippen molar-refractivity contribution in [2.75, 3.05) is 0 Å². The normalized spacial score (nSPS) is 0. The third-order valence-electron chi connectivity index (χ3n) is 0. The third kappa shape index (κ3) is 8.82. The van der Waals surface area contributed by atoms with E-state index in [0.717, 1.165) is 0 Å². The molecule has 0 atom stereocenters. The third-order valence-corrected chi connectivity index (χ3v) is 0. The molecule has 0 unspecified atom stereocenters. The molecule has 0 heterocycles. The van der Waals surface area contributed by atoms with Crippen molar-refractivity contribution >= 4 is 45.6 Å². The van der Waals surface area contributed by atoms with E-state index < -0.39 is 0 Å². The molecule has 0 saturated carbocycles. The fraction of sp³-hybridized carbons (Fsp3) is 0. The van der Waals surface area contributed by atoms with Crippen molar-refractivity contribution in [3.8, 4) is 0 Å². The van der Waals surface area contributed by atoms with Gasteiger partial charge in [0.25, 0.3) is 0 Å². The van der Waals surface area contributed by atoms with Crippen LogP contribution in [0, 0.1) is 0 Å². The summed E-state index contributed by atoms with van der Waals surface area (Å²) in [5.41, 5.74) is 0. The Bertz CT molecular complexity index is 8.00. The smallest absolute Gasteiger partial charge is 0 e. The van der Waals surface area contributed by atoms with Crippen LogP contribution in [0.25, 0.3) is 0 Å². The van der Waals surface area contributed by atoms with E-state index in [1.807, 2.05) is 0 Å². The molecule has 0 aliphatic rings. The molecular weight excluding hydrogens is 313 g/mol. The summed E-state index contributed by atoms with van der Waals surface area (Å²) >= 11 is 0. The van der Waals surface area contributed by atoms with Gasteiger partial charge in [0.05, 0.1) is 0 Å². The van der Waals surface area contributed by atoms with Crippen LogP contribution in [0.15, 0.2) is 0 Å². The van der Waals surface area contributed by atoms with Crippen LogP contribution >= 0.6 is 0 Å². The van der Waals surface area contributed by atoms with Crippen molar-refractivity contribution in [2.24, 2.45) is 0 Å². The fourth-order valence-electron chi connectivity index (χ4n) is 0. The van der Waals surface area contributed by atoms with Gasteiger partial charge in [-0.3, -0.25) is 0 Å². The minimum atomic E-state index is 0.